The predicted octanol–water partition coefficient (Wildman–Crippen LogP) is 2.30. The summed E-state index contributed by atoms with van der Waals surface area (Å²) >= 11 is 0. The Morgan fingerprint density at radius 3 is 2.50 bits per heavy atom. The van der Waals surface area contributed by atoms with E-state index in [9.17, 15) is 0 Å². The fraction of sp³-hybridized carbons (Fsp3) is 0.333. The summed E-state index contributed by atoms with van der Waals surface area (Å²) < 4.78 is 5.41. The Labute approximate surface area is 119 Å². The molecule has 0 saturated heterocycles. The summed E-state index contributed by atoms with van der Waals surface area (Å²) in [6.45, 7) is 4.12. The first-order chi connectivity index (χ1) is 9.83. The van der Waals surface area contributed by atoms with Gasteiger partial charge in [-0.1, -0.05) is 0 Å². The van der Waals surface area contributed by atoms with Crippen molar-refractivity contribution in [1.82, 2.24) is 10.2 Å². The summed E-state index contributed by atoms with van der Waals surface area (Å²) in [7, 11) is 0. The van der Waals surface area contributed by atoms with Gasteiger partial charge in [-0.25, -0.2) is 0 Å². The number of rotatable bonds is 7. The Kier molecular flexibility index (Phi) is 5.32. The summed E-state index contributed by atoms with van der Waals surface area (Å²) in [4.78, 5) is 0. The number of anilines is 1. The van der Waals surface area contributed by atoms with E-state index in [4.69, 9.17) is 10.5 Å². The number of nitrogens with two attached hydrogens (primary N) is 1. The largest absolute Gasteiger partial charge is 0.494 e. The average Bonchev–Trinajstić information content (AvgIpc) is 2.49. The Morgan fingerprint density at radius 1 is 1.10 bits per heavy atom. The van der Waals surface area contributed by atoms with Crippen molar-refractivity contribution < 1.29 is 4.74 Å². The van der Waals surface area contributed by atoms with Gasteiger partial charge in [0.2, 0.25) is 0 Å². The summed E-state index contributed by atoms with van der Waals surface area (Å²) in [5.41, 5.74) is 7.31. The zero-order valence-electron chi connectivity index (χ0n) is 11.7. The highest BCUT2D eigenvalue weighted by Crippen LogP contribution is 2.20. The van der Waals surface area contributed by atoms with Crippen molar-refractivity contribution in [2.75, 3.05) is 25.0 Å². The Bertz CT molecular complexity index is 510. The fourth-order valence-corrected chi connectivity index (χ4v) is 1.79. The molecular formula is C15H20N4O. The minimum absolute atomic E-state index is 0.669. The highest BCUT2D eigenvalue weighted by molar-refractivity contribution is 5.60. The number of benzene rings is 1. The molecule has 0 radical (unpaired) electrons. The summed E-state index contributed by atoms with van der Waals surface area (Å²) in [5, 5.41) is 11.5. The normalized spacial score (nSPS) is 10.3. The van der Waals surface area contributed by atoms with Gasteiger partial charge in [0.05, 0.1) is 12.3 Å². The van der Waals surface area contributed by atoms with Crippen LogP contribution in [0.15, 0.2) is 36.4 Å². The molecule has 5 nitrogen and oxygen atoms in total. The van der Waals surface area contributed by atoms with Crippen LogP contribution in [0.1, 0.15) is 13.3 Å². The molecular weight excluding hydrogens is 252 g/mol. The Morgan fingerprint density at radius 2 is 1.90 bits per heavy atom. The maximum atomic E-state index is 5.44. The topological polar surface area (TPSA) is 73.1 Å². The van der Waals surface area contributed by atoms with Gasteiger partial charge in [-0.3, -0.25) is 0 Å². The second-order valence-electron chi connectivity index (χ2n) is 4.33. The molecule has 0 amide bonds. The van der Waals surface area contributed by atoms with Crippen LogP contribution in [-0.2, 0) is 0 Å². The van der Waals surface area contributed by atoms with Gasteiger partial charge in [0.25, 0.3) is 0 Å². The minimum atomic E-state index is 0.669. The Balaban J connectivity index is 2.01. The molecule has 106 valence electrons. The molecule has 0 atom stereocenters. The van der Waals surface area contributed by atoms with Gasteiger partial charge in [0.15, 0.2) is 0 Å². The van der Waals surface area contributed by atoms with Gasteiger partial charge in [0, 0.05) is 12.1 Å². The zero-order valence-corrected chi connectivity index (χ0v) is 11.7. The van der Waals surface area contributed by atoms with Gasteiger partial charge in [-0.2, -0.15) is 0 Å². The van der Waals surface area contributed by atoms with Crippen LogP contribution in [0.4, 0.5) is 5.82 Å². The van der Waals surface area contributed by atoms with E-state index in [1.54, 1.807) is 0 Å². The smallest absolute Gasteiger partial charge is 0.148 e. The minimum Gasteiger partial charge on any atom is -0.494 e. The van der Waals surface area contributed by atoms with Gasteiger partial charge in [0.1, 0.15) is 11.6 Å². The third-order valence-corrected chi connectivity index (χ3v) is 2.81. The SMILES string of the molecule is CCOc1ccc(-c2ccc(NCCCN)nn2)cc1. The van der Waals surface area contributed by atoms with Crippen LogP contribution in [0.3, 0.4) is 0 Å². The van der Waals surface area contributed by atoms with Crippen LogP contribution >= 0.6 is 0 Å². The number of aromatic nitrogens is 2. The van der Waals surface area contributed by atoms with E-state index in [-0.39, 0.29) is 0 Å². The van der Waals surface area contributed by atoms with Gasteiger partial charge in [-0.15, -0.1) is 10.2 Å². The summed E-state index contributed by atoms with van der Waals surface area (Å²) in [6.07, 6.45) is 0.919. The second kappa shape index (κ2) is 7.45. The van der Waals surface area contributed by atoms with Crippen molar-refractivity contribution in [1.29, 1.82) is 0 Å². The molecule has 1 aromatic carbocycles. The lowest BCUT2D eigenvalue weighted by atomic mass is 10.1. The van der Waals surface area contributed by atoms with Crippen LogP contribution in [0.2, 0.25) is 0 Å². The van der Waals surface area contributed by atoms with E-state index in [1.807, 2.05) is 43.3 Å². The number of ether oxygens (including phenoxy) is 1. The van der Waals surface area contributed by atoms with E-state index in [1.165, 1.54) is 0 Å². The van der Waals surface area contributed by atoms with E-state index in [0.29, 0.717) is 13.2 Å². The number of hydrogen-bond acceptors (Lipinski definition) is 5. The molecule has 2 rings (SSSR count). The van der Waals surface area contributed by atoms with Crippen molar-refractivity contribution in [3.05, 3.63) is 36.4 Å². The highest BCUT2D eigenvalue weighted by Gasteiger charge is 2.01. The predicted molar refractivity (Wildman–Crippen MR) is 80.8 cm³/mol. The molecule has 0 fully saturated rings. The quantitative estimate of drug-likeness (QED) is 0.757. The average molecular weight is 272 g/mol. The van der Waals surface area contributed by atoms with E-state index < -0.39 is 0 Å². The first-order valence-electron chi connectivity index (χ1n) is 6.84. The first kappa shape index (κ1) is 14.3. The molecule has 0 saturated carbocycles. The molecule has 2 aromatic rings. The van der Waals surface area contributed by atoms with Crippen LogP contribution in [0, 0.1) is 0 Å². The molecule has 20 heavy (non-hydrogen) atoms. The standard InChI is InChI=1S/C15H20N4O/c1-2-20-13-6-4-12(5-7-13)14-8-9-15(19-18-14)17-11-3-10-16/h4-9H,2-3,10-11,16H2,1H3,(H,17,19). The molecule has 0 aliphatic carbocycles. The van der Waals surface area contributed by atoms with Crippen molar-refractivity contribution in [2.45, 2.75) is 13.3 Å². The van der Waals surface area contributed by atoms with Crippen LogP contribution in [-0.4, -0.2) is 29.9 Å². The van der Waals surface area contributed by atoms with Crippen molar-refractivity contribution >= 4 is 5.82 Å². The molecule has 0 bridgehead atoms. The summed E-state index contributed by atoms with van der Waals surface area (Å²) in [5.74, 6) is 1.64. The maximum Gasteiger partial charge on any atom is 0.148 e. The van der Waals surface area contributed by atoms with Gasteiger partial charge in [-0.05, 0) is 56.3 Å². The van der Waals surface area contributed by atoms with Crippen molar-refractivity contribution in [3.63, 3.8) is 0 Å². The van der Waals surface area contributed by atoms with Crippen molar-refractivity contribution in [3.8, 4) is 17.0 Å². The number of nitrogens with one attached hydrogen (secondary N) is 1. The third-order valence-electron chi connectivity index (χ3n) is 2.81. The summed E-state index contributed by atoms with van der Waals surface area (Å²) in [6, 6.07) is 11.7. The lowest BCUT2D eigenvalue weighted by Crippen LogP contribution is -2.09. The second-order valence-corrected chi connectivity index (χ2v) is 4.33. The maximum absolute atomic E-state index is 5.44. The third kappa shape index (κ3) is 3.93. The monoisotopic (exact) mass is 272 g/mol. The van der Waals surface area contributed by atoms with Crippen molar-refractivity contribution in [2.24, 2.45) is 5.73 Å². The molecule has 0 aliphatic rings. The number of hydrogen-bond donors (Lipinski definition) is 2. The lowest BCUT2D eigenvalue weighted by Gasteiger charge is -2.06. The fourth-order valence-electron chi connectivity index (χ4n) is 1.79. The number of nitrogens with zero attached hydrogens (tertiary/aromatic N) is 2. The molecule has 0 unspecified atom stereocenters. The van der Waals surface area contributed by atoms with Gasteiger partial charge >= 0.3 is 0 Å². The van der Waals surface area contributed by atoms with E-state index in [0.717, 1.165) is 35.8 Å². The first-order valence-corrected chi connectivity index (χ1v) is 6.84. The lowest BCUT2D eigenvalue weighted by molar-refractivity contribution is 0.340. The molecule has 1 aromatic heterocycles. The highest BCUT2D eigenvalue weighted by atomic mass is 16.5. The zero-order chi connectivity index (χ0) is 14.2. The van der Waals surface area contributed by atoms with Crippen LogP contribution < -0.4 is 15.8 Å². The Hall–Kier alpha value is -2.14. The van der Waals surface area contributed by atoms with Crippen LogP contribution in [0.25, 0.3) is 11.3 Å². The van der Waals surface area contributed by atoms with Gasteiger partial charge < -0.3 is 15.8 Å². The van der Waals surface area contributed by atoms with E-state index in [2.05, 4.69) is 15.5 Å². The molecule has 5 heteroatoms. The molecule has 0 spiro atoms. The molecule has 0 aliphatic heterocycles. The molecule has 3 N–H and O–H groups in total. The van der Waals surface area contributed by atoms with Crippen LogP contribution in [0.5, 0.6) is 5.75 Å². The molecule has 1 heterocycles. The van der Waals surface area contributed by atoms with E-state index >= 15 is 0 Å².